The van der Waals surface area contributed by atoms with Gasteiger partial charge in [-0.05, 0) is 47.0 Å². The van der Waals surface area contributed by atoms with Crippen LogP contribution in [0.5, 0.6) is 5.75 Å². The second-order valence-corrected chi connectivity index (χ2v) is 4.67. The number of rotatable bonds is 4. The lowest BCUT2D eigenvalue weighted by atomic mass is 10.2. The average molecular weight is 285 g/mol. The number of aliphatic imine (C=N–C) groups is 1. The smallest absolute Gasteiger partial charge is 0.130 e. The van der Waals surface area contributed by atoms with Crippen molar-refractivity contribution in [3.05, 3.63) is 22.2 Å². The minimum atomic E-state index is 0.248. The van der Waals surface area contributed by atoms with Crippen LogP contribution in [0.3, 0.4) is 0 Å². The standard InChI is InChI=1S/C12H17BrN2O/c1-4-5-15(3)8-14-11-7-10(13)12(16)6-9(11)2/h6-8,16H,4-5H2,1-3H3. The van der Waals surface area contributed by atoms with E-state index in [4.69, 9.17) is 0 Å². The van der Waals surface area contributed by atoms with E-state index < -0.39 is 0 Å². The van der Waals surface area contributed by atoms with E-state index >= 15 is 0 Å². The van der Waals surface area contributed by atoms with Crippen molar-refractivity contribution >= 4 is 28.0 Å². The molecule has 88 valence electrons. The van der Waals surface area contributed by atoms with E-state index in [1.165, 1.54) is 0 Å². The number of hydrogen-bond donors (Lipinski definition) is 1. The first kappa shape index (κ1) is 13.0. The minimum Gasteiger partial charge on any atom is -0.507 e. The van der Waals surface area contributed by atoms with Crippen LogP contribution >= 0.6 is 15.9 Å². The number of benzene rings is 1. The van der Waals surface area contributed by atoms with E-state index in [9.17, 15) is 5.11 Å². The monoisotopic (exact) mass is 284 g/mol. The Morgan fingerprint density at radius 3 is 2.81 bits per heavy atom. The summed E-state index contributed by atoms with van der Waals surface area (Å²) >= 11 is 3.28. The zero-order chi connectivity index (χ0) is 12.1. The molecule has 0 aliphatic rings. The molecule has 0 aliphatic carbocycles. The van der Waals surface area contributed by atoms with Crippen LogP contribution in [0.2, 0.25) is 0 Å². The van der Waals surface area contributed by atoms with Gasteiger partial charge in [-0.3, -0.25) is 0 Å². The second kappa shape index (κ2) is 5.89. The second-order valence-electron chi connectivity index (χ2n) is 3.82. The molecule has 3 nitrogen and oxygen atoms in total. The predicted molar refractivity (Wildman–Crippen MR) is 71.6 cm³/mol. The fourth-order valence-electron chi connectivity index (χ4n) is 1.37. The van der Waals surface area contributed by atoms with Crippen LogP contribution in [0.15, 0.2) is 21.6 Å². The fourth-order valence-corrected chi connectivity index (χ4v) is 1.70. The number of nitrogens with zero attached hydrogens (tertiary/aromatic N) is 2. The zero-order valence-electron chi connectivity index (χ0n) is 9.87. The molecule has 0 unspecified atom stereocenters. The van der Waals surface area contributed by atoms with Crippen molar-refractivity contribution in [1.29, 1.82) is 0 Å². The fraction of sp³-hybridized carbons (Fsp3) is 0.417. The molecule has 0 fully saturated rings. The molecule has 1 aromatic rings. The summed E-state index contributed by atoms with van der Waals surface area (Å²) in [5, 5.41) is 9.48. The molecule has 1 aromatic carbocycles. The Hall–Kier alpha value is -1.03. The number of halogens is 1. The highest BCUT2D eigenvalue weighted by Gasteiger charge is 2.03. The van der Waals surface area contributed by atoms with Crippen molar-refractivity contribution in [3.63, 3.8) is 0 Å². The van der Waals surface area contributed by atoms with Gasteiger partial charge < -0.3 is 10.0 Å². The van der Waals surface area contributed by atoms with Gasteiger partial charge in [0.1, 0.15) is 5.75 Å². The van der Waals surface area contributed by atoms with E-state index in [0.717, 1.165) is 24.2 Å². The molecule has 1 N–H and O–H groups in total. The molecule has 0 heterocycles. The highest BCUT2D eigenvalue weighted by molar-refractivity contribution is 9.10. The predicted octanol–water partition coefficient (Wildman–Crippen LogP) is 3.46. The molecular formula is C12H17BrN2O. The summed E-state index contributed by atoms with van der Waals surface area (Å²) in [5.41, 5.74) is 1.83. The molecule has 0 atom stereocenters. The highest BCUT2D eigenvalue weighted by Crippen LogP contribution is 2.31. The number of phenols is 1. The maximum Gasteiger partial charge on any atom is 0.130 e. The first-order chi connectivity index (χ1) is 7.54. The van der Waals surface area contributed by atoms with Gasteiger partial charge in [-0.1, -0.05) is 6.92 Å². The van der Waals surface area contributed by atoms with Gasteiger partial charge in [-0.2, -0.15) is 0 Å². The van der Waals surface area contributed by atoms with Gasteiger partial charge in [-0.15, -0.1) is 0 Å². The van der Waals surface area contributed by atoms with Gasteiger partial charge in [0, 0.05) is 13.6 Å². The van der Waals surface area contributed by atoms with Crippen molar-refractivity contribution in [2.45, 2.75) is 20.3 Å². The molecule has 4 heteroatoms. The maximum atomic E-state index is 9.48. The quantitative estimate of drug-likeness (QED) is 0.679. The third-order valence-corrected chi connectivity index (χ3v) is 2.87. The van der Waals surface area contributed by atoms with Crippen molar-refractivity contribution in [2.75, 3.05) is 13.6 Å². The third kappa shape index (κ3) is 3.52. The molecule has 0 radical (unpaired) electrons. The Balaban J connectivity index is 2.85. The van der Waals surface area contributed by atoms with Crippen molar-refractivity contribution in [2.24, 2.45) is 4.99 Å². The largest absolute Gasteiger partial charge is 0.507 e. The van der Waals surface area contributed by atoms with Gasteiger partial charge in [0.25, 0.3) is 0 Å². The summed E-state index contributed by atoms with van der Waals surface area (Å²) in [6, 6.07) is 3.53. The van der Waals surface area contributed by atoms with Crippen LogP contribution in [0.1, 0.15) is 18.9 Å². The molecule has 1 rings (SSSR count). The van der Waals surface area contributed by atoms with Crippen molar-refractivity contribution in [1.82, 2.24) is 4.90 Å². The third-order valence-electron chi connectivity index (χ3n) is 2.24. The Bertz CT molecular complexity index is 391. The lowest BCUT2D eigenvalue weighted by Gasteiger charge is -2.11. The normalized spacial score (nSPS) is 11.0. The van der Waals surface area contributed by atoms with Gasteiger partial charge >= 0.3 is 0 Å². The van der Waals surface area contributed by atoms with E-state index in [2.05, 4.69) is 27.8 Å². The van der Waals surface area contributed by atoms with Crippen LogP contribution in [0.4, 0.5) is 5.69 Å². The van der Waals surface area contributed by atoms with Gasteiger partial charge in [-0.25, -0.2) is 4.99 Å². The molecule has 0 aliphatic heterocycles. The minimum absolute atomic E-state index is 0.248. The Morgan fingerprint density at radius 1 is 1.50 bits per heavy atom. The summed E-state index contributed by atoms with van der Waals surface area (Å²) in [6.07, 6.45) is 2.91. The zero-order valence-corrected chi connectivity index (χ0v) is 11.5. The van der Waals surface area contributed by atoms with Crippen molar-refractivity contribution in [3.8, 4) is 5.75 Å². The summed E-state index contributed by atoms with van der Waals surface area (Å²) in [4.78, 5) is 6.43. The molecular weight excluding hydrogens is 268 g/mol. The molecule has 0 aromatic heterocycles. The van der Waals surface area contributed by atoms with Gasteiger partial charge in [0.05, 0.1) is 16.5 Å². The topological polar surface area (TPSA) is 35.8 Å². The number of aryl methyl sites for hydroxylation is 1. The highest BCUT2D eigenvalue weighted by atomic mass is 79.9. The van der Waals surface area contributed by atoms with Gasteiger partial charge in [0.2, 0.25) is 0 Å². The van der Waals surface area contributed by atoms with E-state index in [-0.39, 0.29) is 5.75 Å². The number of phenolic OH excluding ortho intramolecular Hbond substituents is 1. The molecule has 0 spiro atoms. The lowest BCUT2D eigenvalue weighted by molar-refractivity contribution is 0.471. The number of hydrogen-bond acceptors (Lipinski definition) is 2. The summed E-state index contributed by atoms with van der Waals surface area (Å²) in [7, 11) is 2.00. The first-order valence-corrected chi connectivity index (χ1v) is 6.07. The van der Waals surface area contributed by atoms with E-state index in [1.54, 1.807) is 6.07 Å². The first-order valence-electron chi connectivity index (χ1n) is 5.28. The Labute approximate surface area is 105 Å². The Morgan fingerprint density at radius 2 is 2.19 bits per heavy atom. The molecule has 0 bridgehead atoms. The Kier molecular flexibility index (Phi) is 4.80. The SMILES string of the molecule is CCCN(C)C=Nc1cc(Br)c(O)cc1C. The van der Waals surface area contributed by atoms with Crippen LogP contribution in [0, 0.1) is 6.92 Å². The molecule has 0 saturated carbocycles. The van der Waals surface area contributed by atoms with E-state index in [0.29, 0.717) is 4.47 Å². The maximum absolute atomic E-state index is 9.48. The number of aromatic hydroxyl groups is 1. The van der Waals surface area contributed by atoms with Gasteiger partial charge in [0.15, 0.2) is 0 Å². The molecule has 16 heavy (non-hydrogen) atoms. The molecule has 0 amide bonds. The summed E-state index contributed by atoms with van der Waals surface area (Å²) in [6.45, 7) is 5.05. The summed E-state index contributed by atoms with van der Waals surface area (Å²) < 4.78 is 0.670. The van der Waals surface area contributed by atoms with Crippen molar-refractivity contribution < 1.29 is 5.11 Å². The lowest BCUT2D eigenvalue weighted by Crippen LogP contribution is -2.16. The van der Waals surface area contributed by atoms with Crippen LogP contribution < -0.4 is 0 Å². The average Bonchev–Trinajstić information content (AvgIpc) is 2.22. The van der Waals surface area contributed by atoms with E-state index in [1.807, 2.05) is 31.3 Å². The van der Waals surface area contributed by atoms with Crippen LogP contribution in [0.25, 0.3) is 0 Å². The molecule has 0 saturated heterocycles. The van der Waals surface area contributed by atoms with Crippen LogP contribution in [-0.2, 0) is 0 Å². The summed E-state index contributed by atoms with van der Waals surface area (Å²) in [5.74, 6) is 0.248. The van der Waals surface area contributed by atoms with Crippen LogP contribution in [-0.4, -0.2) is 29.9 Å².